The van der Waals surface area contributed by atoms with Gasteiger partial charge in [0.1, 0.15) is 0 Å². The molecule has 1 aliphatic heterocycles. The number of carbonyl (C=O) groups excluding carboxylic acids is 2. The molecule has 0 saturated carbocycles. The Morgan fingerprint density at radius 3 is 2.29 bits per heavy atom. The van der Waals surface area contributed by atoms with E-state index in [1.54, 1.807) is 12.1 Å². The van der Waals surface area contributed by atoms with E-state index in [-0.39, 0.29) is 6.04 Å². The van der Waals surface area contributed by atoms with Gasteiger partial charge in [0.2, 0.25) is 0 Å². The Balaban J connectivity index is 1.63. The van der Waals surface area contributed by atoms with Crippen LogP contribution in [0.2, 0.25) is 0 Å². The van der Waals surface area contributed by atoms with Crippen molar-refractivity contribution >= 4 is 17.5 Å². The first-order chi connectivity index (χ1) is 13.5. The van der Waals surface area contributed by atoms with Crippen molar-refractivity contribution < 1.29 is 9.59 Å². The normalized spacial score (nSPS) is 16.2. The van der Waals surface area contributed by atoms with Crippen LogP contribution < -0.4 is 10.6 Å². The highest BCUT2D eigenvalue weighted by atomic mass is 16.2. The van der Waals surface area contributed by atoms with Gasteiger partial charge >= 0.3 is 11.8 Å². The van der Waals surface area contributed by atoms with E-state index in [2.05, 4.69) is 26.2 Å². The number of carbonyl (C=O) groups is 2. The Morgan fingerprint density at radius 2 is 1.68 bits per heavy atom. The molecule has 0 radical (unpaired) electrons. The van der Waals surface area contributed by atoms with Gasteiger partial charge in [-0.25, -0.2) is 0 Å². The molecule has 2 N–H and O–H groups in total. The van der Waals surface area contributed by atoms with E-state index in [0.717, 1.165) is 24.3 Å². The Labute approximate surface area is 166 Å². The zero-order valence-electron chi connectivity index (χ0n) is 16.8. The number of aromatic nitrogens is 1. The van der Waals surface area contributed by atoms with Crippen molar-refractivity contribution in [1.29, 1.82) is 0 Å². The van der Waals surface area contributed by atoms with Crippen molar-refractivity contribution in [2.24, 2.45) is 7.05 Å². The predicted octanol–water partition coefficient (Wildman–Crippen LogP) is 3.01. The molecule has 1 aromatic carbocycles. The SMILES string of the molecule is Cc1ccc(NC(=O)C(=O)NCC(c2cccn2C)N2CCCCCC2)cc1. The fourth-order valence-electron chi connectivity index (χ4n) is 3.74. The van der Waals surface area contributed by atoms with Crippen molar-refractivity contribution in [3.63, 3.8) is 0 Å². The molecule has 6 heteroatoms. The number of likely N-dealkylation sites (tertiary alicyclic amines) is 1. The number of anilines is 1. The van der Waals surface area contributed by atoms with Crippen LogP contribution in [0.4, 0.5) is 5.69 Å². The Bertz CT molecular complexity index is 789. The van der Waals surface area contributed by atoms with Gasteiger partial charge in [0.15, 0.2) is 0 Å². The average Bonchev–Trinajstić information content (AvgIpc) is 2.93. The second-order valence-electron chi connectivity index (χ2n) is 7.54. The molecule has 150 valence electrons. The lowest BCUT2D eigenvalue weighted by molar-refractivity contribution is -0.136. The maximum Gasteiger partial charge on any atom is 0.313 e. The predicted molar refractivity (Wildman–Crippen MR) is 111 cm³/mol. The molecule has 2 heterocycles. The quantitative estimate of drug-likeness (QED) is 0.781. The van der Waals surface area contributed by atoms with Gasteiger partial charge in [0, 0.05) is 31.2 Å². The highest BCUT2D eigenvalue weighted by Crippen LogP contribution is 2.24. The first-order valence-corrected chi connectivity index (χ1v) is 10.1. The number of nitrogens with zero attached hydrogens (tertiary/aromatic N) is 2. The molecule has 0 spiro atoms. The molecule has 1 saturated heterocycles. The lowest BCUT2D eigenvalue weighted by atomic mass is 10.1. The van der Waals surface area contributed by atoms with Crippen LogP contribution in [0.25, 0.3) is 0 Å². The van der Waals surface area contributed by atoms with Crippen LogP contribution in [-0.2, 0) is 16.6 Å². The van der Waals surface area contributed by atoms with Crippen LogP contribution in [0, 0.1) is 6.92 Å². The Hall–Kier alpha value is -2.60. The van der Waals surface area contributed by atoms with E-state index < -0.39 is 11.8 Å². The van der Waals surface area contributed by atoms with Crippen molar-refractivity contribution in [3.8, 4) is 0 Å². The lowest BCUT2D eigenvalue weighted by Gasteiger charge is -2.31. The number of hydrogen-bond acceptors (Lipinski definition) is 3. The molecule has 1 aliphatic rings. The van der Waals surface area contributed by atoms with Crippen molar-refractivity contribution in [1.82, 2.24) is 14.8 Å². The molecule has 6 nitrogen and oxygen atoms in total. The molecule has 1 fully saturated rings. The van der Waals surface area contributed by atoms with Gasteiger partial charge in [-0.2, -0.15) is 0 Å². The number of rotatable bonds is 5. The van der Waals surface area contributed by atoms with Gasteiger partial charge in [-0.05, 0) is 57.1 Å². The standard InChI is InChI=1S/C22H30N4O2/c1-17-9-11-18(12-10-17)24-22(28)21(27)23-16-20(19-8-7-13-25(19)2)26-14-5-3-4-6-15-26/h7-13,20H,3-6,14-16H2,1-2H3,(H,23,27)(H,24,28). The number of hydrogen-bond donors (Lipinski definition) is 2. The molecule has 28 heavy (non-hydrogen) atoms. The third-order valence-electron chi connectivity index (χ3n) is 5.38. The summed E-state index contributed by atoms with van der Waals surface area (Å²) in [7, 11) is 2.02. The highest BCUT2D eigenvalue weighted by Gasteiger charge is 2.25. The third kappa shape index (κ3) is 5.23. The second kappa shape index (κ2) is 9.55. The van der Waals surface area contributed by atoms with Gasteiger partial charge in [0.25, 0.3) is 0 Å². The Kier molecular flexibility index (Phi) is 6.87. The smallest absolute Gasteiger partial charge is 0.313 e. The molecule has 1 aromatic heterocycles. The van der Waals surface area contributed by atoms with Crippen LogP contribution in [-0.4, -0.2) is 40.9 Å². The fourth-order valence-corrected chi connectivity index (χ4v) is 3.74. The van der Waals surface area contributed by atoms with Crippen molar-refractivity contribution in [2.75, 3.05) is 25.0 Å². The van der Waals surface area contributed by atoms with E-state index in [9.17, 15) is 9.59 Å². The minimum atomic E-state index is -0.634. The number of benzene rings is 1. The summed E-state index contributed by atoms with van der Waals surface area (Å²) in [5.41, 5.74) is 2.88. The average molecular weight is 383 g/mol. The molecule has 2 aromatic rings. The van der Waals surface area contributed by atoms with E-state index in [0.29, 0.717) is 12.2 Å². The van der Waals surface area contributed by atoms with Gasteiger partial charge in [-0.15, -0.1) is 0 Å². The van der Waals surface area contributed by atoms with Crippen LogP contribution >= 0.6 is 0 Å². The van der Waals surface area contributed by atoms with Crippen LogP contribution in [0.3, 0.4) is 0 Å². The number of aryl methyl sites for hydroxylation is 2. The van der Waals surface area contributed by atoms with Crippen molar-refractivity contribution in [2.45, 2.75) is 38.6 Å². The summed E-state index contributed by atoms with van der Waals surface area (Å²) in [5, 5.41) is 5.50. The van der Waals surface area contributed by atoms with Gasteiger partial charge in [-0.1, -0.05) is 30.5 Å². The molecular weight excluding hydrogens is 352 g/mol. The molecule has 0 aliphatic carbocycles. The van der Waals surface area contributed by atoms with E-state index in [1.807, 2.05) is 38.4 Å². The minimum absolute atomic E-state index is 0.0641. The number of nitrogens with one attached hydrogen (secondary N) is 2. The molecule has 3 rings (SSSR count). The largest absolute Gasteiger partial charge is 0.353 e. The summed E-state index contributed by atoms with van der Waals surface area (Å²) >= 11 is 0. The summed E-state index contributed by atoms with van der Waals surface area (Å²) in [6.45, 7) is 4.42. The lowest BCUT2D eigenvalue weighted by Crippen LogP contribution is -2.42. The summed E-state index contributed by atoms with van der Waals surface area (Å²) in [6.07, 6.45) is 6.86. The van der Waals surface area contributed by atoms with Gasteiger partial charge in [-0.3, -0.25) is 14.5 Å². The van der Waals surface area contributed by atoms with E-state index in [4.69, 9.17) is 0 Å². The maximum absolute atomic E-state index is 12.4. The molecule has 0 bridgehead atoms. The van der Waals surface area contributed by atoms with Gasteiger partial charge < -0.3 is 15.2 Å². The van der Waals surface area contributed by atoms with Gasteiger partial charge in [0.05, 0.1) is 6.04 Å². The Morgan fingerprint density at radius 1 is 1.00 bits per heavy atom. The number of amides is 2. The first-order valence-electron chi connectivity index (χ1n) is 10.1. The summed E-state index contributed by atoms with van der Waals surface area (Å²) in [4.78, 5) is 27.1. The third-order valence-corrected chi connectivity index (χ3v) is 5.38. The molecule has 1 unspecified atom stereocenters. The maximum atomic E-state index is 12.4. The summed E-state index contributed by atoms with van der Waals surface area (Å²) in [6, 6.07) is 11.6. The highest BCUT2D eigenvalue weighted by molar-refractivity contribution is 6.39. The van der Waals surface area contributed by atoms with E-state index >= 15 is 0 Å². The monoisotopic (exact) mass is 382 g/mol. The molecule has 2 amide bonds. The van der Waals surface area contributed by atoms with Crippen LogP contribution in [0.15, 0.2) is 42.6 Å². The van der Waals surface area contributed by atoms with Crippen molar-refractivity contribution in [3.05, 3.63) is 53.9 Å². The zero-order chi connectivity index (χ0) is 19.9. The van der Waals surface area contributed by atoms with E-state index in [1.165, 1.54) is 25.7 Å². The molecular formula is C22H30N4O2. The van der Waals surface area contributed by atoms with Crippen LogP contribution in [0.1, 0.15) is 43.0 Å². The summed E-state index contributed by atoms with van der Waals surface area (Å²) < 4.78 is 2.09. The minimum Gasteiger partial charge on any atom is -0.353 e. The van der Waals surface area contributed by atoms with Crippen LogP contribution in [0.5, 0.6) is 0 Å². The fraction of sp³-hybridized carbons (Fsp3) is 0.455. The first kappa shape index (κ1) is 20.1. The zero-order valence-corrected chi connectivity index (χ0v) is 16.8. The summed E-state index contributed by atoms with van der Waals surface area (Å²) in [5.74, 6) is -1.24. The topological polar surface area (TPSA) is 66.4 Å². The molecule has 1 atom stereocenters. The second-order valence-corrected chi connectivity index (χ2v) is 7.54.